The molecule has 0 fully saturated rings. The molecule has 1 nitrogen and oxygen atoms in total. The van der Waals surface area contributed by atoms with Gasteiger partial charge in [0.1, 0.15) is 0 Å². The zero-order chi connectivity index (χ0) is 3.58. The molecule has 0 saturated carbocycles. The molecule has 5 heteroatoms. The van der Waals surface area contributed by atoms with E-state index in [4.69, 9.17) is 0 Å². The van der Waals surface area contributed by atoms with Crippen molar-refractivity contribution in [2.45, 2.75) is 0 Å². The molecule has 0 aliphatic carbocycles. The summed E-state index contributed by atoms with van der Waals surface area (Å²) in [6.45, 7) is 0. The molecule has 0 bridgehead atoms. The summed E-state index contributed by atoms with van der Waals surface area (Å²) >= 11 is 2.81. The van der Waals surface area contributed by atoms with Crippen molar-refractivity contribution >= 4 is 44.3 Å². The zero-order valence-corrected chi connectivity index (χ0v) is 13.6. The molecule has 0 atom stereocenters. The third-order valence-corrected chi connectivity index (χ3v) is 0. The van der Waals surface area contributed by atoms with Crippen LogP contribution < -0.4 is 0 Å². The summed E-state index contributed by atoms with van der Waals surface area (Å²) in [7, 11) is -1.31. The van der Waals surface area contributed by atoms with Crippen molar-refractivity contribution in [1.82, 2.24) is 0 Å². The fourth-order valence-electron chi connectivity index (χ4n) is 0. The number of hydrogen-bond acceptors (Lipinski definition) is 1. The van der Waals surface area contributed by atoms with E-state index in [0.717, 1.165) is 20.4 Å². The molecular formula is H4IrOSbSnV. The van der Waals surface area contributed by atoms with Gasteiger partial charge < -0.3 is 0 Å². The van der Waals surface area contributed by atoms with E-state index in [1.54, 1.807) is 0 Å². The zero-order valence-electron chi connectivity index (χ0n) is 2.47. The fraction of sp³-hybridized carbons (Fsp3) is 0. The predicted molar refractivity (Wildman–Crippen MR) is 17.8 cm³/mol. The van der Waals surface area contributed by atoms with Crippen LogP contribution >= 0.6 is 0 Å². The van der Waals surface area contributed by atoms with Gasteiger partial charge in [-0.25, -0.2) is 0 Å². The number of hydrogen-bond donors (Lipinski definition) is 0. The summed E-state index contributed by atoms with van der Waals surface area (Å²) in [5.74, 6) is 0. The van der Waals surface area contributed by atoms with E-state index >= 15 is 0 Å². The van der Waals surface area contributed by atoms with Gasteiger partial charge in [-0.3, -0.25) is 0 Å². The molecule has 0 heterocycles. The fourth-order valence-corrected chi connectivity index (χ4v) is 0. The van der Waals surface area contributed by atoms with Gasteiger partial charge in [-0.1, -0.05) is 0 Å². The summed E-state index contributed by atoms with van der Waals surface area (Å²) < 4.78 is 9.73. The second-order valence-corrected chi connectivity index (χ2v) is 24.5. The molecule has 0 aliphatic rings. The minimum atomic E-state index is -1.31. The van der Waals surface area contributed by atoms with Crippen molar-refractivity contribution in [3.05, 3.63) is 0 Å². The molecule has 5 heavy (non-hydrogen) atoms. The van der Waals surface area contributed by atoms with Gasteiger partial charge in [-0.2, -0.15) is 0 Å². The predicted octanol–water partition coefficient (Wildman–Crippen LogP) is -1.96. The topological polar surface area (TPSA) is 17.1 Å². The van der Waals surface area contributed by atoms with Gasteiger partial charge in [-0.15, -0.1) is 0 Å². The van der Waals surface area contributed by atoms with Gasteiger partial charge in [0, 0.05) is 0 Å². The Morgan fingerprint density at radius 3 is 1.80 bits per heavy atom. The Bertz CT molecular complexity index is 34.6. The molecule has 33 valence electrons. The third-order valence-electron chi connectivity index (χ3n) is 0. The van der Waals surface area contributed by atoms with Crippen LogP contribution in [0.3, 0.4) is 0 Å². The maximum absolute atomic E-state index is 9.73. The Labute approximate surface area is 72.1 Å². The van der Waals surface area contributed by atoms with E-state index < -0.39 is 9.02 Å². The van der Waals surface area contributed by atoms with Crippen LogP contribution in [0.1, 0.15) is 0 Å². The monoisotopic (exact) mass is 505 g/mol. The molecule has 0 rings (SSSR count). The Kier molecular flexibility index (Phi) is 14.1. The van der Waals surface area contributed by atoms with Crippen molar-refractivity contribution < 1.29 is 29.3 Å². The first-order valence-corrected chi connectivity index (χ1v) is 12.9. The molecule has 0 spiro atoms. The van der Waals surface area contributed by atoms with Gasteiger partial charge in [0.05, 0.1) is 0 Å². The molecule has 0 unspecified atom stereocenters. The Morgan fingerprint density at radius 2 is 1.80 bits per heavy atom. The Balaban J connectivity index is 0. The van der Waals surface area contributed by atoms with Crippen LogP contribution in [0, 0.1) is 0 Å². The summed E-state index contributed by atoms with van der Waals surface area (Å²) in [6, 6.07) is 0. The second-order valence-electron chi connectivity index (χ2n) is 0.252. The standard InChI is InChI=1S/Ir.O.Sb.Sn.V.4H. The van der Waals surface area contributed by atoms with E-state index in [2.05, 4.69) is 0 Å². The second kappa shape index (κ2) is 6.65. The van der Waals surface area contributed by atoms with Crippen LogP contribution in [-0.4, -0.2) is 44.3 Å². The molecule has 0 aliphatic heterocycles. The van der Waals surface area contributed by atoms with Crippen molar-refractivity contribution in [1.29, 1.82) is 0 Å². The molecular weight excluding hydrogens is 500 g/mol. The Morgan fingerprint density at radius 1 is 1.80 bits per heavy atom. The van der Waals surface area contributed by atoms with Gasteiger partial charge in [-0.05, 0) is 0 Å². The van der Waals surface area contributed by atoms with E-state index in [1.807, 2.05) is 16.6 Å². The average Bonchev–Trinajstić information content (AvgIpc) is 0.811. The van der Waals surface area contributed by atoms with Gasteiger partial charge in [0.25, 0.3) is 0 Å². The average molecular weight is 504 g/mol. The summed E-state index contributed by atoms with van der Waals surface area (Å²) in [5, 5.41) is 0. The van der Waals surface area contributed by atoms with Gasteiger partial charge in [0.15, 0.2) is 0 Å². The maximum atomic E-state index is 9.73. The number of rotatable bonds is 0. The summed E-state index contributed by atoms with van der Waals surface area (Å²) in [6.07, 6.45) is 0. The van der Waals surface area contributed by atoms with E-state index in [0.29, 0.717) is 0 Å². The van der Waals surface area contributed by atoms with E-state index in [9.17, 15) is 3.67 Å². The van der Waals surface area contributed by atoms with Gasteiger partial charge in [0.2, 0.25) is 0 Å². The van der Waals surface area contributed by atoms with Crippen LogP contribution in [0.25, 0.3) is 0 Å². The minimum absolute atomic E-state index is 0. The van der Waals surface area contributed by atoms with Crippen molar-refractivity contribution in [3.8, 4) is 0 Å². The van der Waals surface area contributed by atoms with E-state index in [1.165, 1.54) is 0 Å². The van der Waals surface area contributed by atoms with Gasteiger partial charge >= 0.3 is 73.5 Å². The SMILES string of the molecule is [O]=[V]([SbH2])[Ir].[SnH2]. The third kappa shape index (κ3) is 20.5. The van der Waals surface area contributed by atoms with Crippen LogP contribution in [-0.2, 0) is 29.3 Å². The van der Waals surface area contributed by atoms with Crippen molar-refractivity contribution in [2.75, 3.05) is 0 Å². The normalized spacial score (nSPS) is 5.40. The van der Waals surface area contributed by atoms with Crippen LogP contribution in [0.5, 0.6) is 0 Å². The van der Waals surface area contributed by atoms with Crippen molar-refractivity contribution in [2.24, 2.45) is 0 Å². The molecule has 0 N–H and O–H groups in total. The first-order valence-electron chi connectivity index (χ1n) is 0.590. The summed E-state index contributed by atoms with van der Waals surface area (Å²) in [5.41, 5.74) is 0. The molecule has 0 aromatic rings. The molecule has 0 aromatic carbocycles. The molecule has 0 saturated heterocycles. The quantitative estimate of drug-likeness (QED) is 0.351. The molecule has 2 radical (unpaired) electrons. The Hall–Kier alpha value is 2.65. The molecule has 0 aromatic heterocycles. The van der Waals surface area contributed by atoms with Crippen LogP contribution in [0.4, 0.5) is 0 Å². The summed E-state index contributed by atoms with van der Waals surface area (Å²) in [4.78, 5) is 0. The molecule has 0 amide bonds. The van der Waals surface area contributed by atoms with Crippen LogP contribution in [0.15, 0.2) is 0 Å². The first kappa shape index (κ1) is 10.6. The first-order chi connectivity index (χ1) is 1.73. The van der Waals surface area contributed by atoms with E-state index in [-0.39, 0.29) is 23.9 Å². The van der Waals surface area contributed by atoms with Crippen LogP contribution in [0.2, 0.25) is 0 Å². The van der Waals surface area contributed by atoms with Crippen molar-refractivity contribution in [3.63, 3.8) is 0 Å².